The molecule has 31 heavy (non-hydrogen) atoms. The highest BCUT2D eigenvalue weighted by molar-refractivity contribution is 7.99. The van der Waals surface area contributed by atoms with E-state index in [1.807, 2.05) is 85.8 Å². The third kappa shape index (κ3) is 7.83. The van der Waals surface area contributed by atoms with E-state index in [0.29, 0.717) is 30.5 Å². The molecule has 0 saturated heterocycles. The summed E-state index contributed by atoms with van der Waals surface area (Å²) < 4.78 is 11.6. The second kappa shape index (κ2) is 12.4. The van der Waals surface area contributed by atoms with Crippen LogP contribution in [0.3, 0.4) is 0 Å². The summed E-state index contributed by atoms with van der Waals surface area (Å²) in [4.78, 5) is 12.0. The molecule has 0 unspecified atom stereocenters. The van der Waals surface area contributed by atoms with Crippen molar-refractivity contribution in [1.82, 2.24) is 5.43 Å². The van der Waals surface area contributed by atoms with Crippen molar-refractivity contribution in [2.24, 2.45) is 5.10 Å². The van der Waals surface area contributed by atoms with E-state index < -0.39 is 0 Å². The number of hydrogen-bond acceptors (Lipinski definition) is 5. The van der Waals surface area contributed by atoms with Crippen LogP contribution in [0.4, 0.5) is 0 Å². The molecule has 0 fully saturated rings. The van der Waals surface area contributed by atoms with Crippen molar-refractivity contribution in [3.05, 3.63) is 95.6 Å². The normalized spacial score (nSPS) is 10.7. The summed E-state index contributed by atoms with van der Waals surface area (Å²) in [5.41, 5.74) is 5.66. The van der Waals surface area contributed by atoms with Crippen LogP contribution in [-0.4, -0.2) is 24.5 Å². The summed E-state index contributed by atoms with van der Waals surface area (Å²) >= 11 is 1.55. The summed E-state index contributed by atoms with van der Waals surface area (Å²) in [6.07, 6.45) is 1.60. The van der Waals surface area contributed by atoms with Gasteiger partial charge in [-0.05, 0) is 41.8 Å². The number of carbonyl (C=O) groups is 1. The maximum absolute atomic E-state index is 12.0. The third-order valence-corrected chi connectivity index (χ3v) is 5.26. The Morgan fingerprint density at radius 3 is 2.35 bits per heavy atom. The van der Waals surface area contributed by atoms with E-state index >= 15 is 0 Å². The van der Waals surface area contributed by atoms with Crippen molar-refractivity contribution >= 4 is 23.9 Å². The summed E-state index contributed by atoms with van der Waals surface area (Å²) in [6, 6.07) is 25.6. The Morgan fingerprint density at radius 1 is 0.935 bits per heavy atom. The van der Waals surface area contributed by atoms with Crippen LogP contribution in [0.5, 0.6) is 11.5 Å². The first-order valence-corrected chi connectivity index (χ1v) is 11.3. The molecule has 0 aliphatic rings. The molecule has 0 aliphatic carbocycles. The van der Waals surface area contributed by atoms with Gasteiger partial charge in [-0.1, -0.05) is 60.7 Å². The minimum atomic E-state index is -0.134. The van der Waals surface area contributed by atoms with E-state index in [4.69, 9.17) is 9.47 Å². The first-order valence-electron chi connectivity index (χ1n) is 10.1. The number of rotatable bonds is 11. The summed E-state index contributed by atoms with van der Waals surface area (Å²) in [6.45, 7) is 2.91. The van der Waals surface area contributed by atoms with Gasteiger partial charge in [-0.25, -0.2) is 5.43 Å². The molecule has 5 nitrogen and oxygen atoms in total. The van der Waals surface area contributed by atoms with Gasteiger partial charge in [0.05, 0.1) is 18.6 Å². The molecule has 160 valence electrons. The average molecular weight is 435 g/mol. The average Bonchev–Trinajstić information content (AvgIpc) is 2.80. The first-order chi connectivity index (χ1) is 15.2. The zero-order valence-corrected chi connectivity index (χ0v) is 18.3. The van der Waals surface area contributed by atoms with Crippen molar-refractivity contribution in [2.75, 3.05) is 12.4 Å². The van der Waals surface area contributed by atoms with Crippen LogP contribution in [0.15, 0.2) is 84.0 Å². The van der Waals surface area contributed by atoms with Crippen molar-refractivity contribution in [1.29, 1.82) is 0 Å². The number of hydrazone groups is 1. The summed E-state index contributed by atoms with van der Waals surface area (Å²) in [5, 5.41) is 4.06. The number of nitrogens with zero attached hydrogens (tertiary/aromatic N) is 1. The van der Waals surface area contributed by atoms with Gasteiger partial charge in [0.25, 0.3) is 0 Å². The molecule has 0 bridgehead atoms. The molecule has 1 N–H and O–H groups in total. The summed E-state index contributed by atoms with van der Waals surface area (Å²) in [5.74, 6) is 2.32. The minimum Gasteiger partial charge on any atom is -0.490 e. The molecule has 0 heterocycles. The van der Waals surface area contributed by atoms with Gasteiger partial charge in [-0.3, -0.25) is 4.79 Å². The largest absolute Gasteiger partial charge is 0.490 e. The fourth-order valence-corrected chi connectivity index (χ4v) is 3.55. The van der Waals surface area contributed by atoms with Gasteiger partial charge in [0.1, 0.15) is 6.61 Å². The molecule has 0 atom stereocenters. The lowest BCUT2D eigenvalue weighted by Crippen LogP contribution is -2.19. The van der Waals surface area contributed by atoms with Crippen LogP contribution in [0.2, 0.25) is 0 Å². The molecule has 3 rings (SSSR count). The molecule has 3 aromatic rings. The number of hydrogen-bond donors (Lipinski definition) is 1. The van der Waals surface area contributed by atoms with E-state index in [2.05, 4.69) is 10.5 Å². The Labute approximate surface area is 187 Å². The molecule has 0 aromatic heterocycles. The van der Waals surface area contributed by atoms with Gasteiger partial charge in [0, 0.05) is 5.75 Å². The van der Waals surface area contributed by atoms with E-state index in [1.54, 1.807) is 18.0 Å². The lowest BCUT2D eigenvalue weighted by molar-refractivity contribution is -0.118. The number of amides is 1. The molecule has 6 heteroatoms. The minimum absolute atomic E-state index is 0.134. The second-order valence-electron chi connectivity index (χ2n) is 6.69. The molecular formula is C25H26N2O3S. The van der Waals surface area contributed by atoms with Crippen LogP contribution in [0.1, 0.15) is 23.6 Å². The van der Waals surface area contributed by atoms with Gasteiger partial charge < -0.3 is 9.47 Å². The van der Waals surface area contributed by atoms with Crippen LogP contribution < -0.4 is 14.9 Å². The van der Waals surface area contributed by atoms with E-state index in [0.717, 1.165) is 16.9 Å². The maximum atomic E-state index is 12.0. The zero-order valence-electron chi connectivity index (χ0n) is 17.5. The highest BCUT2D eigenvalue weighted by atomic mass is 32.2. The molecule has 3 aromatic carbocycles. The van der Waals surface area contributed by atoms with Crippen LogP contribution in [0.25, 0.3) is 0 Å². The molecule has 0 aliphatic heterocycles. The van der Waals surface area contributed by atoms with Gasteiger partial charge in [0.15, 0.2) is 11.5 Å². The fraction of sp³-hybridized carbons (Fsp3) is 0.200. The lowest BCUT2D eigenvalue weighted by Gasteiger charge is -2.12. The Bertz CT molecular complexity index is 979. The number of thioether (sulfide) groups is 1. The summed E-state index contributed by atoms with van der Waals surface area (Å²) in [7, 11) is 0. The Morgan fingerprint density at radius 2 is 1.65 bits per heavy atom. The SMILES string of the molecule is CCOc1cc(/C=N\NC(=O)CSCc2ccccc2)ccc1OCc1ccccc1. The Kier molecular flexibility index (Phi) is 9.01. The first kappa shape index (κ1) is 22.4. The zero-order chi connectivity index (χ0) is 21.7. The standard InChI is InChI=1S/C25H26N2O3S/c1-2-29-24-15-22(13-14-23(24)30-17-20-9-5-3-6-10-20)16-26-27-25(28)19-31-18-21-11-7-4-8-12-21/h3-16H,2,17-19H2,1H3,(H,27,28)/b26-16-. The van der Waals surface area contributed by atoms with E-state index in [9.17, 15) is 4.79 Å². The lowest BCUT2D eigenvalue weighted by atomic mass is 10.2. The van der Waals surface area contributed by atoms with Crippen molar-refractivity contribution < 1.29 is 14.3 Å². The molecule has 1 amide bonds. The molecule has 0 spiro atoms. The maximum Gasteiger partial charge on any atom is 0.250 e. The van der Waals surface area contributed by atoms with Crippen LogP contribution in [0, 0.1) is 0 Å². The van der Waals surface area contributed by atoms with Gasteiger partial charge in [-0.15, -0.1) is 11.8 Å². The highest BCUT2D eigenvalue weighted by Crippen LogP contribution is 2.28. The predicted octanol–water partition coefficient (Wildman–Crippen LogP) is 5.05. The van der Waals surface area contributed by atoms with Crippen molar-refractivity contribution in [3.8, 4) is 11.5 Å². The van der Waals surface area contributed by atoms with E-state index in [-0.39, 0.29) is 5.91 Å². The monoisotopic (exact) mass is 434 g/mol. The van der Waals surface area contributed by atoms with Gasteiger partial charge in [-0.2, -0.15) is 5.10 Å². The van der Waals surface area contributed by atoms with E-state index in [1.165, 1.54) is 5.56 Å². The number of carbonyl (C=O) groups excluding carboxylic acids is 1. The second-order valence-corrected chi connectivity index (χ2v) is 7.67. The third-order valence-electron chi connectivity index (χ3n) is 4.25. The Balaban J connectivity index is 1.50. The van der Waals surface area contributed by atoms with Crippen LogP contribution in [-0.2, 0) is 17.2 Å². The topological polar surface area (TPSA) is 59.9 Å². The number of nitrogens with one attached hydrogen (secondary N) is 1. The molecular weight excluding hydrogens is 408 g/mol. The fourth-order valence-electron chi connectivity index (χ4n) is 2.77. The van der Waals surface area contributed by atoms with Crippen LogP contribution >= 0.6 is 11.8 Å². The molecule has 0 saturated carbocycles. The van der Waals surface area contributed by atoms with Gasteiger partial charge in [0.2, 0.25) is 5.91 Å². The quantitative estimate of drug-likeness (QED) is 0.339. The van der Waals surface area contributed by atoms with Crippen molar-refractivity contribution in [2.45, 2.75) is 19.3 Å². The van der Waals surface area contributed by atoms with Crippen molar-refractivity contribution in [3.63, 3.8) is 0 Å². The highest BCUT2D eigenvalue weighted by Gasteiger charge is 2.07. The van der Waals surface area contributed by atoms with Gasteiger partial charge >= 0.3 is 0 Å². The number of benzene rings is 3. The predicted molar refractivity (Wildman–Crippen MR) is 127 cm³/mol. The molecule has 0 radical (unpaired) electrons. The number of ether oxygens (including phenoxy) is 2. The Hall–Kier alpha value is -3.25. The smallest absolute Gasteiger partial charge is 0.250 e.